The van der Waals surface area contributed by atoms with Crippen molar-refractivity contribution in [1.29, 1.82) is 0 Å². The summed E-state index contributed by atoms with van der Waals surface area (Å²) in [6.07, 6.45) is 3.44. The lowest BCUT2D eigenvalue weighted by molar-refractivity contribution is 0.575. The number of rotatable bonds is 7. The third-order valence-electron chi connectivity index (χ3n) is 3.13. The summed E-state index contributed by atoms with van der Waals surface area (Å²) in [6, 6.07) is 0. The Bertz CT molecular complexity index is 704. The summed E-state index contributed by atoms with van der Waals surface area (Å²) in [6.45, 7) is 5.36. The highest BCUT2D eigenvalue weighted by molar-refractivity contribution is 7.89. The van der Waals surface area contributed by atoms with Gasteiger partial charge in [0.25, 0.3) is 0 Å². The number of hydrogen-bond acceptors (Lipinski definition) is 5. The Kier molecular flexibility index (Phi) is 5.15. The van der Waals surface area contributed by atoms with Gasteiger partial charge in [0.1, 0.15) is 10.7 Å². The zero-order valence-electron chi connectivity index (χ0n) is 12.4. The van der Waals surface area contributed by atoms with Crippen LogP contribution in [0.3, 0.4) is 0 Å². The third-order valence-corrected chi connectivity index (χ3v) is 6.00. The number of sulfonamides is 1. The minimum atomic E-state index is -3.53. The van der Waals surface area contributed by atoms with Gasteiger partial charge in [-0.3, -0.25) is 0 Å². The first kappa shape index (κ1) is 16.2. The van der Waals surface area contributed by atoms with E-state index in [0.29, 0.717) is 17.3 Å². The molecule has 8 heteroatoms. The Morgan fingerprint density at radius 1 is 1.38 bits per heavy atom. The topological polar surface area (TPSA) is 76.0 Å². The average Bonchev–Trinajstić information content (AvgIpc) is 3.00. The van der Waals surface area contributed by atoms with Gasteiger partial charge in [0, 0.05) is 30.9 Å². The molecule has 0 saturated carbocycles. The van der Waals surface area contributed by atoms with Crippen molar-refractivity contribution in [2.75, 3.05) is 6.54 Å². The first-order valence-electron chi connectivity index (χ1n) is 6.69. The van der Waals surface area contributed by atoms with Crippen LogP contribution in [0.1, 0.15) is 23.2 Å². The normalized spacial score (nSPS) is 12.0. The van der Waals surface area contributed by atoms with Gasteiger partial charge in [0.05, 0.1) is 6.54 Å². The Morgan fingerprint density at radius 3 is 2.76 bits per heavy atom. The van der Waals surface area contributed by atoms with Gasteiger partial charge in [-0.1, -0.05) is 6.92 Å². The van der Waals surface area contributed by atoms with E-state index in [1.807, 2.05) is 26.3 Å². The molecule has 2 aromatic heterocycles. The van der Waals surface area contributed by atoms with Gasteiger partial charge in [-0.25, -0.2) is 18.1 Å². The van der Waals surface area contributed by atoms with Crippen molar-refractivity contribution in [1.82, 2.24) is 19.6 Å². The molecule has 0 aliphatic heterocycles. The second-order valence-electron chi connectivity index (χ2n) is 4.73. The summed E-state index contributed by atoms with van der Waals surface area (Å²) in [7, 11) is -1.70. The number of hydrogen-bond donors (Lipinski definition) is 2. The fourth-order valence-electron chi connectivity index (χ4n) is 2.01. The van der Waals surface area contributed by atoms with Crippen LogP contribution in [0, 0.1) is 6.92 Å². The largest absolute Gasteiger partial charge is 0.337 e. The number of thiophene rings is 1. The Labute approximate surface area is 129 Å². The molecule has 0 unspecified atom stereocenters. The molecule has 0 atom stereocenters. The minimum Gasteiger partial charge on any atom is -0.337 e. The molecule has 0 amide bonds. The number of imidazole rings is 1. The fourth-order valence-corrected chi connectivity index (χ4v) is 4.76. The van der Waals surface area contributed by atoms with Gasteiger partial charge >= 0.3 is 0 Å². The number of nitrogens with zero attached hydrogens (tertiary/aromatic N) is 2. The van der Waals surface area contributed by atoms with Crippen LogP contribution in [0.5, 0.6) is 0 Å². The molecule has 0 aliphatic carbocycles. The van der Waals surface area contributed by atoms with Gasteiger partial charge in [-0.05, 0) is 24.4 Å². The molecule has 21 heavy (non-hydrogen) atoms. The number of nitrogens with one attached hydrogen (secondary N) is 2. The van der Waals surface area contributed by atoms with Crippen LogP contribution >= 0.6 is 11.3 Å². The number of aromatic nitrogens is 2. The molecule has 0 bridgehead atoms. The molecule has 2 aromatic rings. The van der Waals surface area contributed by atoms with E-state index in [2.05, 4.69) is 15.0 Å². The SMILES string of the molecule is CCNCc1scc(C)c1S(=O)(=O)NCc1nccn1C. The van der Waals surface area contributed by atoms with E-state index in [1.165, 1.54) is 11.3 Å². The van der Waals surface area contributed by atoms with Crippen molar-refractivity contribution in [2.45, 2.75) is 31.8 Å². The maximum absolute atomic E-state index is 12.5. The highest BCUT2D eigenvalue weighted by Crippen LogP contribution is 2.26. The molecular formula is C13H20N4O2S2. The van der Waals surface area contributed by atoms with Crippen LogP contribution < -0.4 is 10.0 Å². The summed E-state index contributed by atoms with van der Waals surface area (Å²) in [5, 5.41) is 5.05. The van der Waals surface area contributed by atoms with E-state index in [0.717, 1.165) is 17.0 Å². The molecule has 2 heterocycles. The quantitative estimate of drug-likeness (QED) is 0.805. The zero-order chi connectivity index (χ0) is 15.5. The van der Waals surface area contributed by atoms with Gasteiger partial charge in [0.15, 0.2) is 0 Å². The zero-order valence-corrected chi connectivity index (χ0v) is 14.0. The van der Waals surface area contributed by atoms with E-state index in [9.17, 15) is 8.42 Å². The molecule has 0 aromatic carbocycles. The van der Waals surface area contributed by atoms with Crippen LogP contribution in [0.4, 0.5) is 0 Å². The van der Waals surface area contributed by atoms with Gasteiger partial charge in [0.2, 0.25) is 10.0 Å². The number of aryl methyl sites for hydroxylation is 2. The van der Waals surface area contributed by atoms with Crippen molar-refractivity contribution >= 4 is 21.4 Å². The maximum Gasteiger partial charge on any atom is 0.242 e. The molecule has 0 spiro atoms. The lowest BCUT2D eigenvalue weighted by atomic mass is 10.3. The first-order chi connectivity index (χ1) is 9.95. The molecule has 6 nitrogen and oxygen atoms in total. The molecule has 0 aliphatic rings. The van der Waals surface area contributed by atoms with Gasteiger partial charge in [-0.15, -0.1) is 11.3 Å². The first-order valence-corrected chi connectivity index (χ1v) is 9.05. The predicted molar refractivity (Wildman–Crippen MR) is 83.7 cm³/mol. The lowest BCUT2D eigenvalue weighted by Crippen LogP contribution is -2.26. The molecular weight excluding hydrogens is 308 g/mol. The summed E-state index contributed by atoms with van der Waals surface area (Å²) >= 11 is 1.47. The third kappa shape index (κ3) is 3.70. The molecule has 0 saturated heterocycles. The Morgan fingerprint density at radius 2 is 2.14 bits per heavy atom. The summed E-state index contributed by atoms with van der Waals surface area (Å²) in [4.78, 5) is 5.35. The standard InChI is InChI=1S/C13H20N4O2S2/c1-4-14-7-11-13(10(2)9-20-11)21(18,19)16-8-12-15-5-6-17(12)3/h5-6,9,14,16H,4,7-8H2,1-3H3. The van der Waals surface area contributed by atoms with Crippen LogP contribution in [-0.4, -0.2) is 24.5 Å². The Balaban J connectivity index is 2.19. The highest BCUT2D eigenvalue weighted by atomic mass is 32.2. The second kappa shape index (κ2) is 6.69. The van der Waals surface area contributed by atoms with Crippen molar-refractivity contribution in [3.63, 3.8) is 0 Å². The minimum absolute atomic E-state index is 0.182. The molecule has 2 rings (SSSR count). The monoisotopic (exact) mass is 328 g/mol. The summed E-state index contributed by atoms with van der Waals surface area (Å²) < 4.78 is 29.5. The molecule has 0 radical (unpaired) electrons. The molecule has 116 valence electrons. The van der Waals surface area contributed by atoms with Gasteiger partial charge in [-0.2, -0.15) is 0 Å². The van der Waals surface area contributed by atoms with E-state index >= 15 is 0 Å². The van der Waals surface area contributed by atoms with Crippen molar-refractivity contribution in [3.8, 4) is 0 Å². The Hall–Kier alpha value is -1.22. The van der Waals surface area contributed by atoms with E-state index < -0.39 is 10.0 Å². The van der Waals surface area contributed by atoms with E-state index in [1.54, 1.807) is 17.0 Å². The van der Waals surface area contributed by atoms with Crippen molar-refractivity contribution in [2.24, 2.45) is 7.05 Å². The van der Waals surface area contributed by atoms with Crippen molar-refractivity contribution < 1.29 is 8.42 Å². The average molecular weight is 328 g/mol. The van der Waals surface area contributed by atoms with Crippen LogP contribution in [0.2, 0.25) is 0 Å². The smallest absolute Gasteiger partial charge is 0.242 e. The van der Waals surface area contributed by atoms with Crippen LogP contribution in [0.15, 0.2) is 22.7 Å². The summed E-state index contributed by atoms with van der Waals surface area (Å²) in [5.41, 5.74) is 0.778. The van der Waals surface area contributed by atoms with Gasteiger partial charge < -0.3 is 9.88 Å². The fraction of sp³-hybridized carbons (Fsp3) is 0.462. The lowest BCUT2D eigenvalue weighted by Gasteiger charge is -2.09. The van der Waals surface area contributed by atoms with E-state index in [-0.39, 0.29) is 6.54 Å². The van der Waals surface area contributed by atoms with E-state index in [4.69, 9.17) is 0 Å². The van der Waals surface area contributed by atoms with Crippen LogP contribution in [0.25, 0.3) is 0 Å². The highest BCUT2D eigenvalue weighted by Gasteiger charge is 2.23. The molecule has 0 fully saturated rings. The van der Waals surface area contributed by atoms with Crippen LogP contribution in [-0.2, 0) is 30.2 Å². The summed E-state index contributed by atoms with van der Waals surface area (Å²) in [5.74, 6) is 0.680. The van der Waals surface area contributed by atoms with Crippen molar-refractivity contribution in [3.05, 3.63) is 34.0 Å². The maximum atomic E-state index is 12.5. The predicted octanol–water partition coefficient (Wildman–Crippen LogP) is 1.38. The second-order valence-corrected chi connectivity index (χ2v) is 7.40. The molecule has 2 N–H and O–H groups in total.